The van der Waals surface area contributed by atoms with Gasteiger partial charge in [0.15, 0.2) is 0 Å². The number of hydrogen-bond acceptors (Lipinski definition) is 4. The molecule has 2 aliphatic rings. The van der Waals surface area contributed by atoms with Gasteiger partial charge < -0.3 is 9.84 Å². The lowest BCUT2D eigenvalue weighted by Crippen LogP contribution is -2.38. The number of pyridine rings is 1. The summed E-state index contributed by atoms with van der Waals surface area (Å²) < 4.78 is 21.0. The molecule has 0 bridgehead atoms. The van der Waals surface area contributed by atoms with Gasteiger partial charge >= 0.3 is 5.97 Å². The quantitative estimate of drug-likeness (QED) is 0.607. The van der Waals surface area contributed by atoms with Crippen LogP contribution in [-0.4, -0.2) is 40.2 Å². The van der Waals surface area contributed by atoms with E-state index < -0.39 is 11.8 Å². The van der Waals surface area contributed by atoms with Crippen LogP contribution in [0.4, 0.5) is 4.39 Å². The highest BCUT2D eigenvalue weighted by Gasteiger charge is 2.30. The van der Waals surface area contributed by atoms with Crippen LogP contribution in [0, 0.1) is 5.82 Å². The third-order valence-electron chi connectivity index (χ3n) is 5.46. The Kier molecular flexibility index (Phi) is 6.08. The number of carboxylic acid groups (broad SMARTS) is 1. The highest BCUT2D eigenvalue weighted by atomic mass is 79.9. The van der Waals surface area contributed by atoms with Crippen LogP contribution in [0.25, 0.3) is 0 Å². The highest BCUT2D eigenvalue weighted by Crippen LogP contribution is 2.43. The molecule has 0 atom stereocenters. The van der Waals surface area contributed by atoms with Crippen molar-refractivity contribution in [1.29, 1.82) is 0 Å². The Morgan fingerprint density at radius 3 is 2.62 bits per heavy atom. The fourth-order valence-corrected chi connectivity index (χ4v) is 4.45. The Balaban J connectivity index is 1.39. The van der Waals surface area contributed by atoms with Gasteiger partial charge in [0.05, 0.1) is 5.56 Å². The van der Waals surface area contributed by atoms with E-state index in [0.717, 1.165) is 54.4 Å². The maximum Gasteiger partial charge on any atom is 0.338 e. The van der Waals surface area contributed by atoms with Crippen LogP contribution >= 0.6 is 27.5 Å². The fraction of sp³-hybridized carbons (Fsp3) is 0.429. The molecule has 4 rings (SSSR count). The van der Waals surface area contributed by atoms with Crippen LogP contribution in [-0.2, 0) is 6.54 Å². The van der Waals surface area contributed by atoms with Gasteiger partial charge in [0.25, 0.3) is 0 Å². The first-order valence-electron chi connectivity index (χ1n) is 9.66. The van der Waals surface area contributed by atoms with Crippen molar-refractivity contribution < 1.29 is 19.0 Å². The minimum Gasteiger partial charge on any atom is -0.478 e. The summed E-state index contributed by atoms with van der Waals surface area (Å²) in [5, 5.41) is 9.68. The van der Waals surface area contributed by atoms with E-state index >= 15 is 0 Å². The van der Waals surface area contributed by atoms with Crippen LogP contribution in [0.3, 0.4) is 0 Å². The molecule has 1 saturated heterocycles. The van der Waals surface area contributed by atoms with Gasteiger partial charge in [-0.2, -0.15) is 0 Å². The van der Waals surface area contributed by atoms with Gasteiger partial charge in [0, 0.05) is 30.3 Å². The first-order valence-corrected chi connectivity index (χ1v) is 10.8. The standard InChI is InChI=1S/C21H21BrClFN2O3/c22-14-8-18(23)20(25-10-14)29-15-3-5-26(6-4-15)11-13-7-19(24)17(21(27)28)9-16(13)12-1-2-12/h7-10,12,15H,1-6,11H2,(H,27,28). The van der Waals surface area contributed by atoms with E-state index in [0.29, 0.717) is 23.4 Å². The number of aromatic carboxylic acids is 1. The van der Waals surface area contributed by atoms with Gasteiger partial charge in [0.1, 0.15) is 16.9 Å². The van der Waals surface area contributed by atoms with Gasteiger partial charge in [-0.1, -0.05) is 11.6 Å². The third-order valence-corrected chi connectivity index (χ3v) is 6.16. The molecular formula is C21H21BrClFN2O3. The number of hydrogen-bond donors (Lipinski definition) is 1. The normalized spacial score (nSPS) is 18.0. The fourth-order valence-electron chi connectivity index (χ4n) is 3.78. The zero-order chi connectivity index (χ0) is 20.5. The summed E-state index contributed by atoms with van der Waals surface area (Å²) >= 11 is 9.51. The molecule has 0 amide bonds. The molecule has 0 radical (unpaired) electrons. The summed E-state index contributed by atoms with van der Waals surface area (Å²) in [6.07, 6.45) is 5.41. The number of nitrogens with zero attached hydrogens (tertiary/aromatic N) is 2. The number of benzene rings is 1. The van der Waals surface area contributed by atoms with Crippen LogP contribution in [0.1, 0.15) is 53.1 Å². The minimum atomic E-state index is -1.21. The predicted molar refractivity (Wildman–Crippen MR) is 111 cm³/mol. The number of likely N-dealkylation sites (tertiary alicyclic amines) is 1. The lowest BCUT2D eigenvalue weighted by molar-refractivity contribution is 0.0691. The molecule has 2 aromatic rings. The largest absolute Gasteiger partial charge is 0.478 e. The molecule has 29 heavy (non-hydrogen) atoms. The summed E-state index contributed by atoms with van der Waals surface area (Å²) in [6, 6.07) is 4.70. The summed E-state index contributed by atoms with van der Waals surface area (Å²) in [6.45, 7) is 2.24. The predicted octanol–water partition coefficient (Wildman–Crippen LogP) is 5.26. The summed E-state index contributed by atoms with van der Waals surface area (Å²) in [7, 11) is 0. The van der Waals surface area contributed by atoms with Crippen molar-refractivity contribution in [3.05, 3.63) is 56.4 Å². The topological polar surface area (TPSA) is 62.7 Å². The van der Waals surface area contributed by atoms with E-state index in [1.165, 1.54) is 12.1 Å². The number of piperidine rings is 1. The second-order valence-electron chi connectivity index (χ2n) is 7.64. The number of carboxylic acids is 1. The smallest absolute Gasteiger partial charge is 0.338 e. The Bertz CT molecular complexity index is 930. The third kappa shape index (κ3) is 4.90. The van der Waals surface area contributed by atoms with Crippen LogP contribution in [0.2, 0.25) is 5.02 Å². The van der Waals surface area contributed by atoms with Crippen molar-refractivity contribution in [1.82, 2.24) is 9.88 Å². The molecule has 8 heteroatoms. The van der Waals surface area contributed by atoms with E-state index in [-0.39, 0.29) is 11.7 Å². The lowest BCUT2D eigenvalue weighted by atomic mass is 9.98. The second kappa shape index (κ2) is 8.58. The Morgan fingerprint density at radius 1 is 1.28 bits per heavy atom. The Morgan fingerprint density at radius 2 is 2.00 bits per heavy atom. The summed E-state index contributed by atoms with van der Waals surface area (Å²) in [4.78, 5) is 17.8. The van der Waals surface area contributed by atoms with E-state index in [4.69, 9.17) is 16.3 Å². The molecule has 1 aliphatic heterocycles. The first-order chi connectivity index (χ1) is 13.9. The van der Waals surface area contributed by atoms with Crippen molar-refractivity contribution in [3.63, 3.8) is 0 Å². The van der Waals surface area contributed by atoms with Gasteiger partial charge in [-0.05, 0) is 76.9 Å². The number of ether oxygens (including phenoxy) is 1. The monoisotopic (exact) mass is 482 g/mol. The highest BCUT2D eigenvalue weighted by molar-refractivity contribution is 9.10. The molecule has 2 fully saturated rings. The van der Waals surface area contributed by atoms with Crippen molar-refractivity contribution >= 4 is 33.5 Å². The molecule has 2 heterocycles. The van der Waals surface area contributed by atoms with Crippen molar-refractivity contribution in [3.8, 4) is 5.88 Å². The average molecular weight is 484 g/mol. The molecule has 1 saturated carbocycles. The minimum absolute atomic E-state index is 0.0338. The maximum atomic E-state index is 14.2. The van der Waals surface area contributed by atoms with Crippen molar-refractivity contribution in [2.45, 2.75) is 44.2 Å². The summed E-state index contributed by atoms with van der Waals surface area (Å²) in [5.74, 6) is -1.08. The SMILES string of the molecule is O=C(O)c1cc(C2CC2)c(CN2CCC(Oc3ncc(Br)cc3Cl)CC2)cc1F. The Hall–Kier alpha value is -1.70. The number of aromatic nitrogens is 1. The van der Waals surface area contributed by atoms with Crippen LogP contribution in [0.5, 0.6) is 5.88 Å². The van der Waals surface area contributed by atoms with E-state index in [2.05, 4.69) is 25.8 Å². The maximum absolute atomic E-state index is 14.2. The Labute approximate surface area is 182 Å². The average Bonchev–Trinajstić information content (AvgIpc) is 3.50. The van der Waals surface area contributed by atoms with Crippen LogP contribution < -0.4 is 4.74 Å². The molecule has 0 spiro atoms. The summed E-state index contributed by atoms with van der Waals surface area (Å²) in [5.41, 5.74) is 1.64. The lowest BCUT2D eigenvalue weighted by Gasteiger charge is -2.32. The molecule has 1 N–H and O–H groups in total. The zero-order valence-corrected chi connectivity index (χ0v) is 18.0. The van der Waals surface area contributed by atoms with Crippen molar-refractivity contribution in [2.75, 3.05) is 13.1 Å². The van der Waals surface area contributed by atoms with E-state index in [9.17, 15) is 14.3 Å². The van der Waals surface area contributed by atoms with E-state index in [1.54, 1.807) is 12.3 Å². The number of halogens is 3. The van der Waals surface area contributed by atoms with Gasteiger partial charge in [-0.3, -0.25) is 4.90 Å². The second-order valence-corrected chi connectivity index (χ2v) is 8.97. The molecule has 154 valence electrons. The molecule has 1 aromatic carbocycles. The molecule has 1 aromatic heterocycles. The zero-order valence-electron chi connectivity index (χ0n) is 15.7. The first kappa shape index (κ1) is 20.6. The van der Waals surface area contributed by atoms with Gasteiger partial charge in [-0.15, -0.1) is 0 Å². The number of rotatable bonds is 6. The molecule has 5 nitrogen and oxygen atoms in total. The van der Waals surface area contributed by atoms with Crippen LogP contribution in [0.15, 0.2) is 28.9 Å². The number of carbonyl (C=O) groups is 1. The van der Waals surface area contributed by atoms with Gasteiger partial charge in [-0.25, -0.2) is 14.2 Å². The molecule has 0 unspecified atom stereocenters. The van der Waals surface area contributed by atoms with Gasteiger partial charge in [0.2, 0.25) is 5.88 Å². The molecular weight excluding hydrogens is 463 g/mol. The van der Waals surface area contributed by atoms with E-state index in [1.807, 2.05) is 0 Å². The molecule has 1 aliphatic carbocycles. The van der Waals surface area contributed by atoms with Crippen molar-refractivity contribution in [2.24, 2.45) is 0 Å².